The van der Waals surface area contributed by atoms with E-state index in [2.05, 4.69) is 108 Å². The number of aryl methyl sites for hydroxylation is 3. The van der Waals surface area contributed by atoms with Crippen molar-refractivity contribution in [3.05, 3.63) is 150 Å². The summed E-state index contributed by atoms with van der Waals surface area (Å²) in [6.45, 7) is 6.23. The van der Waals surface area contributed by atoms with Gasteiger partial charge in [0.15, 0.2) is 0 Å². The third-order valence-electron chi connectivity index (χ3n) is 9.31. The van der Waals surface area contributed by atoms with Crippen molar-refractivity contribution < 1.29 is 24.5 Å². The second-order valence-electron chi connectivity index (χ2n) is 12.2. The molecule has 0 aliphatic heterocycles. The molecular weight excluding hydrogens is 767 g/mol. The summed E-state index contributed by atoms with van der Waals surface area (Å²) in [6, 6.07) is 44.3. The molecule has 10 rings (SSSR count). The Labute approximate surface area is 291 Å². The van der Waals surface area contributed by atoms with Gasteiger partial charge in [-0.2, -0.15) is 0 Å². The Hall–Kier alpha value is -5.35. The molecule has 0 atom stereocenters. The Bertz CT molecular complexity index is 2760. The van der Waals surface area contributed by atoms with E-state index in [0.29, 0.717) is 0 Å². The van der Waals surface area contributed by atoms with Crippen molar-refractivity contribution in [2.45, 2.75) is 20.8 Å². The van der Waals surface area contributed by atoms with E-state index in [1.165, 1.54) is 54.8 Å². The maximum atomic E-state index is 6.71. The van der Waals surface area contributed by atoms with Crippen LogP contribution in [0.2, 0.25) is 0 Å². The zero-order valence-electron chi connectivity index (χ0n) is 26.6. The molecule has 48 heavy (non-hydrogen) atoms. The number of fused-ring (bicyclic) bond motifs is 10. The van der Waals surface area contributed by atoms with E-state index < -0.39 is 0 Å². The minimum absolute atomic E-state index is 0. The van der Waals surface area contributed by atoms with E-state index >= 15 is 0 Å². The molecule has 0 aliphatic carbocycles. The van der Waals surface area contributed by atoms with Crippen LogP contribution in [0.3, 0.4) is 0 Å². The zero-order valence-corrected chi connectivity index (χ0v) is 29.0. The SMILES string of the molecule is Cc1ccc(-c2[c-]cccc2)nc1.Cc1cnc(-c2[c-]ccc3c2oc2c3ccc3c2c2cccc4c5ccccc5n3c42)cc1C.[Ir]. The standard InChI is InChI=1S/C31H19N2O.C12H10N.Ir/c1-17-15-25(32-16-18(17)2)23-10-6-9-21-22-13-14-27-28(31(22)34-30(21)23)24-11-5-8-20-19-7-3-4-12-26(19)33(27)29(20)24;1-10-7-8-12(13-9-10)11-5-3-2-4-6-11;/h3-9,11-16H,1-2H3;2-5,7-9H,1H3;/q2*-1;. The summed E-state index contributed by atoms with van der Waals surface area (Å²) in [4.78, 5) is 9.01. The molecule has 0 unspecified atom stereocenters. The fourth-order valence-electron chi connectivity index (χ4n) is 6.84. The molecule has 0 amide bonds. The summed E-state index contributed by atoms with van der Waals surface area (Å²) in [5.41, 5.74) is 12.8. The number of hydrogen-bond donors (Lipinski definition) is 0. The molecule has 0 aliphatic rings. The van der Waals surface area contributed by atoms with Crippen LogP contribution in [0.25, 0.3) is 82.5 Å². The smallest absolute Gasteiger partial charge is 0.130 e. The first-order valence-corrected chi connectivity index (χ1v) is 15.8. The van der Waals surface area contributed by atoms with Crippen molar-refractivity contribution in [2.75, 3.05) is 0 Å². The van der Waals surface area contributed by atoms with Crippen LogP contribution >= 0.6 is 0 Å². The fourth-order valence-corrected chi connectivity index (χ4v) is 6.84. The topological polar surface area (TPSA) is 43.3 Å². The third-order valence-corrected chi connectivity index (χ3v) is 9.31. The quantitative estimate of drug-likeness (QED) is 0.164. The first kappa shape index (κ1) is 30.0. The number of aromatic nitrogens is 3. The molecule has 5 heterocycles. The van der Waals surface area contributed by atoms with Crippen molar-refractivity contribution in [1.82, 2.24) is 14.4 Å². The van der Waals surface area contributed by atoms with Crippen LogP contribution in [-0.4, -0.2) is 14.4 Å². The Morgan fingerprint density at radius 2 is 1.38 bits per heavy atom. The van der Waals surface area contributed by atoms with Gasteiger partial charge >= 0.3 is 0 Å². The molecule has 0 fully saturated rings. The van der Waals surface area contributed by atoms with Gasteiger partial charge in [0.05, 0.1) is 27.5 Å². The van der Waals surface area contributed by atoms with E-state index in [1.807, 2.05) is 55.7 Å². The first-order chi connectivity index (χ1) is 23.1. The third kappa shape index (κ3) is 4.62. The van der Waals surface area contributed by atoms with Gasteiger partial charge in [-0.25, -0.2) is 0 Å². The minimum Gasteiger partial charge on any atom is -0.500 e. The molecule has 5 heteroatoms. The van der Waals surface area contributed by atoms with Crippen molar-refractivity contribution in [2.24, 2.45) is 0 Å². The predicted octanol–water partition coefficient (Wildman–Crippen LogP) is 11.1. The Morgan fingerprint density at radius 1 is 0.583 bits per heavy atom. The van der Waals surface area contributed by atoms with E-state index in [1.54, 1.807) is 0 Å². The molecule has 0 spiro atoms. The molecule has 233 valence electrons. The molecular formula is C43H29IrN3O-2. The number of rotatable bonds is 2. The van der Waals surface area contributed by atoms with E-state index in [-0.39, 0.29) is 20.1 Å². The summed E-state index contributed by atoms with van der Waals surface area (Å²) in [5, 5.41) is 7.18. The molecule has 0 bridgehead atoms. The van der Waals surface area contributed by atoms with E-state index in [0.717, 1.165) is 44.5 Å². The fraction of sp³-hybridized carbons (Fsp3) is 0.0698. The molecule has 0 saturated heterocycles. The van der Waals surface area contributed by atoms with Gasteiger partial charge in [-0.1, -0.05) is 77.2 Å². The Balaban J connectivity index is 0.000000203. The average molecular weight is 796 g/mol. The van der Waals surface area contributed by atoms with Gasteiger partial charge in [0, 0.05) is 54.0 Å². The number of pyridine rings is 2. The molecule has 4 nitrogen and oxygen atoms in total. The number of furan rings is 1. The average Bonchev–Trinajstić information content (AvgIpc) is 3.77. The van der Waals surface area contributed by atoms with Gasteiger partial charge < -0.3 is 18.8 Å². The molecule has 0 N–H and O–H groups in total. The first-order valence-electron chi connectivity index (χ1n) is 15.8. The summed E-state index contributed by atoms with van der Waals surface area (Å²) in [6.07, 6.45) is 3.80. The molecule has 0 saturated carbocycles. The van der Waals surface area contributed by atoms with Gasteiger partial charge in [0.1, 0.15) is 5.58 Å². The largest absolute Gasteiger partial charge is 0.500 e. The second kappa shape index (κ2) is 11.7. The predicted molar refractivity (Wildman–Crippen MR) is 193 cm³/mol. The van der Waals surface area contributed by atoms with E-state index in [4.69, 9.17) is 9.40 Å². The van der Waals surface area contributed by atoms with Gasteiger partial charge in [0.2, 0.25) is 0 Å². The molecule has 1 radical (unpaired) electrons. The van der Waals surface area contributed by atoms with Gasteiger partial charge in [-0.3, -0.25) is 0 Å². The normalized spacial score (nSPS) is 11.5. The Kier molecular flexibility index (Phi) is 7.32. The zero-order chi connectivity index (χ0) is 31.6. The van der Waals surface area contributed by atoms with Crippen molar-refractivity contribution >= 4 is 60.0 Å². The second-order valence-corrected chi connectivity index (χ2v) is 12.2. The summed E-state index contributed by atoms with van der Waals surface area (Å²) in [5.74, 6) is 0. The maximum absolute atomic E-state index is 6.71. The minimum atomic E-state index is 0. The molecule has 5 aromatic carbocycles. The van der Waals surface area contributed by atoms with Crippen molar-refractivity contribution in [1.29, 1.82) is 0 Å². The van der Waals surface area contributed by atoms with Gasteiger partial charge in [0.25, 0.3) is 0 Å². The molecule has 10 aromatic rings. The molecule has 5 aromatic heterocycles. The monoisotopic (exact) mass is 796 g/mol. The van der Waals surface area contributed by atoms with Crippen LogP contribution < -0.4 is 0 Å². The van der Waals surface area contributed by atoms with E-state index in [9.17, 15) is 0 Å². The summed E-state index contributed by atoms with van der Waals surface area (Å²) >= 11 is 0. The van der Waals surface area contributed by atoms with Crippen LogP contribution in [0.1, 0.15) is 16.7 Å². The number of benzene rings is 5. The summed E-state index contributed by atoms with van der Waals surface area (Å²) in [7, 11) is 0. The Morgan fingerprint density at radius 3 is 2.19 bits per heavy atom. The maximum Gasteiger partial charge on any atom is 0.130 e. The van der Waals surface area contributed by atoms with Crippen LogP contribution in [0.5, 0.6) is 0 Å². The number of hydrogen-bond acceptors (Lipinski definition) is 3. The van der Waals surface area contributed by atoms with Gasteiger partial charge in [-0.15, -0.1) is 54.1 Å². The van der Waals surface area contributed by atoms with Crippen LogP contribution in [0.15, 0.2) is 126 Å². The van der Waals surface area contributed by atoms with Crippen LogP contribution in [0, 0.1) is 32.9 Å². The van der Waals surface area contributed by atoms with Gasteiger partial charge in [-0.05, 0) is 55.4 Å². The number of para-hydroxylation sites is 2. The van der Waals surface area contributed by atoms with Crippen molar-refractivity contribution in [3.63, 3.8) is 0 Å². The van der Waals surface area contributed by atoms with Crippen LogP contribution in [-0.2, 0) is 20.1 Å². The van der Waals surface area contributed by atoms with Crippen molar-refractivity contribution in [3.8, 4) is 22.5 Å². The van der Waals surface area contributed by atoms with Crippen LogP contribution in [0.4, 0.5) is 0 Å². The summed E-state index contributed by atoms with van der Waals surface area (Å²) < 4.78 is 9.10. The number of nitrogens with zero attached hydrogens (tertiary/aromatic N) is 3.